The number of alkyl halides is 3. The summed E-state index contributed by atoms with van der Waals surface area (Å²) >= 11 is 5.91. The Hall–Kier alpha value is -1.53. The zero-order valence-corrected chi connectivity index (χ0v) is 11.0. The molecule has 1 aromatic carbocycles. The molecule has 0 aliphatic carbocycles. The van der Waals surface area contributed by atoms with Crippen molar-refractivity contribution in [3.8, 4) is 5.69 Å². The van der Waals surface area contributed by atoms with Crippen molar-refractivity contribution in [1.82, 2.24) is 9.78 Å². The molecule has 7 heteroatoms. The first-order valence-electron chi connectivity index (χ1n) is 5.98. The number of halogens is 4. The first-order chi connectivity index (χ1) is 9.48. The summed E-state index contributed by atoms with van der Waals surface area (Å²) in [4.78, 5) is 0. The molecule has 0 unspecified atom stereocenters. The molecule has 1 aromatic heterocycles. The maximum Gasteiger partial charge on any atom is 0.417 e. The summed E-state index contributed by atoms with van der Waals surface area (Å²) in [7, 11) is 0. The van der Waals surface area contributed by atoms with Crippen LogP contribution in [0.1, 0.15) is 16.8 Å². The largest absolute Gasteiger partial charge is 0.417 e. The van der Waals surface area contributed by atoms with Crippen molar-refractivity contribution in [2.24, 2.45) is 0 Å². The van der Waals surface area contributed by atoms with Gasteiger partial charge >= 0.3 is 6.18 Å². The first kappa shape index (κ1) is 13.5. The number of nitrogens with zero attached hydrogens (tertiary/aromatic N) is 2. The van der Waals surface area contributed by atoms with E-state index in [0.29, 0.717) is 19.6 Å². The van der Waals surface area contributed by atoms with Crippen molar-refractivity contribution in [2.75, 3.05) is 6.61 Å². The van der Waals surface area contributed by atoms with E-state index in [-0.39, 0.29) is 10.7 Å². The molecule has 0 fully saturated rings. The summed E-state index contributed by atoms with van der Waals surface area (Å²) < 4.78 is 45.4. The molecule has 3 rings (SSSR count). The Morgan fingerprint density at radius 1 is 1.30 bits per heavy atom. The van der Waals surface area contributed by atoms with Crippen LogP contribution in [-0.4, -0.2) is 16.4 Å². The van der Waals surface area contributed by atoms with Gasteiger partial charge in [-0.2, -0.15) is 18.3 Å². The molecule has 3 nitrogen and oxygen atoms in total. The molecular formula is C13H10ClF3N2O. The number of hydrogen-bond donors (Lipinski definition) is 0. The Morgan fingerprint density at radius 3 is 2.85 bits per heavy atom. The minimum atomic E-state index is -4.49. The molecule has 106 valence electrons. The van der Waals surface area contributed by atoms with Crippen LogP contribution in [0.25, 0.3) is 5.69 Å². The minimum absolute atomic E-state index is 0.216. The van der Waals surface area contributed by atoms with Crippen molar-refractivity contribution >= 4 is 11.6 Å². The molecule has 1 aliphatic rings. The van der Waals surface area contributed by atoms with Crippen LogP contribution in [0.3, 0.4) is 0 Å². The second-order valence-electron chi connectivity index (χ2n) is 4.47. The van der Waals surface area contributed by atoms with Crippen molar-refractivity contribution in [2.45, 2.75) is 19.2 Å². The lowest BCUT2D eigenvalue weighted by Gasteiger charge is -2.17. The van der Waals surface area contributed by atoms with Crippen molar-refractivity contribution in [3.63, 3.8) is 0 Å². The normalized spacial score (nSPS) is 15.2. The number of aromatic nitrogens is 2. The van der Waals surface area contributed by atoms with Gasteiger partial charge in [0.1, 0.15) is 0 Å². The van der Waals surface area contributed by atoms with Crippen LogP contribution in [0.15, 0.2) is 24.4 Å². The maximum absolute atomic E-state index is 12.9. The SMILES string of the molecule is FC(F)(F)c1cccc(-n2ncc3c2COCC3)c1Cl. The van der Waals surface area contributed by atoms with Crippen molar-refractivity contribution in [3.05, 3.63) is 46.2 Å². The third-order valence-electron chi connectivity index (χ3n) is 3.22. The van der Waals surface area contributed by atoms with Gasteiger partial charge in [0, 0.05) is 0 Å². The van der Waals surface area contributed by atoms with Gasteiger partial charge in [0.25, 0.3) is 0 Å². The lowest BCUT2D eigenvalue weighted by atomic mass is 10.1. The Bertz CT molecular complexity index is 652. The monoisotopic (exact) mass is 302 g/mol. The van der Waals surface area contributed by atoms with Gasteiger partial charge in [-0.15, -0.1) is 0 Å². The molecule has 1 aliphatic heterocycles. The first-order valence-corrected chi connectivity index (χ1v) is 6.36. The fraction of sp³-hybridized carbons (Fsp3) is 0.308. The molecule has 0 saturated carbocycles. The van der Waals surface area contributed by atoms with E-state index in [1.807, 2.05) is 0 Å². The van der Waals surface area contributed by atoms with Gasteiger partial charge in [0.2, 0.25) is 0 Å². The van der Waals surface area contributed by atoms with E-state index in [2.05, 4.69) is 5.10 Å². The van der Waals surface area contributed by atoms with Gasteiger partial charge in [-0.05, 0) is 24.1 Å². The van der Waals surface area contributed by atoms with Crippen LogP contribution in [-0.2, 0) is 23.9 Å². The van der Waals surface area contributed by atoms with Gasteiger partial charge in [-0.1, -0.05) is 17.7 Å². The molecule has 0 atom stereocenters. The van der Waals surface area contributed by atoms with Crippen LogP contribution in [0.5, 0.6) is 0 Å². The summed E-state index contributed by atoms with van der Waals surface area (Å²) in [6.07, 6.45) is -2.14. The van der Waals surface area contributed by atoms with Crippen LogP contribution in [0, 0.1) is 0 Å². The van der Waals surface area contributed by atoms with Crippen molar-refractivity contribution < 1.29 is 17.9 Å². The average Bonchev–Trinajstić information content (AvgIpc) is 2.81. The summed E-state index contributed by atoms with van der Waals surface area (Å²) in [5.41, 5.74) is 1.08. The Balaban J connectivity index is 2.14. The van der Waals surface area contributed by atoms with Gasteiger partial charge in [-0.3, -0.25) is 0 Å². The van der Waals surface area contributed by atoms with Gasteiger partial charge in [0.05, 0.1) is 41.4 Å². The van der Waals surface area contributed by atoms with E-state index >= 15 is 0 Å². The third-order valence-corrected chi connectivity index (χ3v) is 3.62. The summed E-state index contributed by atoms with van der Waals surface area (Å²) in [6, 6.07) is 3.79. The highest BCUT2D eigenvalue weighted by molar-refractivity contribution is 6.33. The second-order valence-corrected chi connectivity index (χ2v) is 4.85. The molecular weight excluding hydrogens is 293 g/mol. The average molecular weight is 303 g/mol. The summed E-state index contributed by atoms with van der Waals surface area (Å²) in [5, 5.41) is 3.79. The van der Waals surface area contributed by atoms with E-state index in [4.69, 9.17) is 16.3 Å². The van der Waals surface area contributed by atoms with E-state index in [1.165, 1.54) is 16.8 Å². The molecule has 2 aromatic rings. The minimum Gasteiger partial charge on any atom is -0.375 e. The van der Waals surface area contributed by atoms with E-state index in [0.717, 1.165) is 17.3 Å². The zero-order chi connectivity index (χ0) is 14.3. The molecule has 20 heavy (non-hydrogen) atoms. The predicted molar refractivity (Wildman–Crippen MR) is 66.9 cm³/mol. The lowest BCUT2D eigenvalue weighted by molar-refractivity contribution is -0.137. The quantitative estimate of drug-likeness (QED) is 0.804. The highest BCUT2D eigenvalue weighted by Crippen LogP contribution is 2.38. The number of benzene rings is 1. The number of fused-ring (bicyclic) bond motifs is 1. The van der Waals surface area contributed by atoms with Crippen LogP contribution in [0.2, 0.25) is 5.02 Å². The number of rotatable bonds is 1. The van der Waals surface area contributed by atoms with E-state index in [9.17, 15) is 13.2 Å². The fourth-order valence-electron chi connectivity index (χ4n) is 2.23. The molecule has 0 bridgehead atoms. The van der Waals surface area contributed by atoms with Crippen LogP contribution in [0.4, 0.5) is 13.2 Å². The molecule has 0 radical (unpaired) electrons. The summed E-state index contributed by atoms with van der Waals surface area (Å²) in [6.45, 7) is 0.914. The predicted octanol–water partition coefficient (Wildman–Crippen LogP) is 3.62. The number of ether oxygens (including phenoxy) is 1. The topological polar surface area (TPSA) is 27.1 Å². The number of hydrogen-bond acceptors (Lipinski definition) is 2. The Labute approximate surface area is 117 Å². The van der Waals surface area contributed by atoms with E-state index in [1.54, 1.807) is 6.20 Å². The zero-order valence-electron chi connectivity index (χ0n) is 10.2. The van der Waals surface area contributed by atoms with Crippen molar-refractivity contribution in [1.29, 1.82) is 0 Å². The van der Waals surface area contributed by atoms with Crippen LogP contribution < -0.4 is 0 Å². The van der Waals surface area contributed by atoms with Gasteiger partial charge in [0.15, 0.2) is 0 Å². The molecule has 0 spiro atoms. The maximum atomic E-state index is 12.9. The molecule has 0 N–H and O–H groups in total. The fourth-order valence-corrected chi connectivity index (χ4v) is 2.54. The van der Waals surface area contributed by atoms with Gasteiger partial charge < -0.3 is 4.74 Å². The highest BCUT2D eigenvalue weighted by atomic mass is 35.5. The molecule has 0 amide bonds. The highest BCUT2D eigenvalue weighted by Gasteiger charge is 2.34. The van der Waals surface area contributed by atoms with Crippen LogP contribution >= 0.6 is 11.6 Å². The van der Waals surface area contributed by atoms with Gasteiger partial charge in [-0.25, -0.2) is 4.68 Å². The van der Waals surface area contributed by atoms with E-state index < -0.39 is 11.7 Å². The summed E-state index contributed by atoms with van der Waals surface area (Å²) in [5.74, 6) is 0. The molecule has 2 heterocycles. The second kappa shape index (κ2) is 4.79. The Kier molecular flexibility index (Phi) is 3.22. The third kappa shape index (κ3) is 2.19. The Morgan fingerprint density at radius 2 is 2.10 bits per heavy atom. The smallest absolute Gasteiger partial charge is 0.375 e. The molecule has 0 saturated heterocycles. The lowest BCUT2D eigenvalue weighted by Crippen LogP contribution is -2.14. The standard InChI is InChI=1S/C13H10ClF3N2O/c14-12-9(13(15,16)17)2-1-3-10(12)19-11-7-20-5-4-8(11)6-18-19/h1-3,6H,4-5,7H2.